The van der Waals surface area contributed by atoms with Gasteiger partial charge in [-0.15, -0.1) is 0 Å². The maximum atomic E-state index is 12.4. The van der Waals surface area contributed by atoms with Crippen LogP contribution in [0.5, 0.6) is 0 Å². The number of para-hydroxylation sites is 2. The minimum absolute atomic E-state index is 0.0817. The number of amides is 1. The van der Waals surface area contributed by atoms with E-state index in [-0.39, 0.29) is 11.9 Å². The number of thiazole rings is 1. The highest BCUT2D eigenvalue weighted by atomic mass is 32.1. The summed E-state index contributed by atoms with van der Waals surface area (Å²) in [6.45, 7) is 2.26. The summed E-state index contributed by atoms with van der Waals surface area (Å²) in [4.78, 5) is 16.9. The minimum Gasteiger partial charge on any atom is -0.350 e. The molecule has 2 aromatic heterocycles. The Morgan fingerprint density at radius 1 is 1.15 bits per heavy atom. The van der Waals surface area contributed by atoms with Crippen LogP contribution in [0.4, 0.5) is 5.13 Å². The van der Waals surface area contributed by atoms with E-state index in [4.69, 9.17) is 0 Å². The molecule has 27 heavy (non-hydrogen) atoms. The largest absolute Gasteiger partial charge is 0.350 e. The number of benzene rings is 2. The Labute approximate surface area is 160 Å². The molecule has 2 heterocycles. The Kier molecular flexibility index (Phi) is 4.84. The van der Waals surface area contributed by atoms with E-state index in [2.05, 4.69) is 20.7 Å². The van der Waals surface area contributed by atoms with Crippen molar-refractivity contribution in [2.45, 2.75) is 19.5 Å². The predicted octanol–water partition coefficient (Wildman–Crippen LogP) is 3.60. The van der Waals surface area contributed by atoms with Gasteiger partial charge in [-0.2, -0.15) is 5.10 Å². The van der Waals surface area contributed by atoms with Gasteiger partial charge in [-0.3, -0.25) is 4.79 Å². The molecule has 4 aromatic rings. The summed E-state index contributed by atoms with van der Waals surface area (Å²) in [6.07, 6.45) is 3.68. The molecule has 0 saturated heterocycles. The van der Waals surface area contributed by atoms with Crippen LogP contribution in [0.3, 0.4) is 0 Å². The first kappa shape index (κ1) is 17.2. The molecule has 0 aliphatic carbocycles. The van der Waals surface area contributed by atoms with Crippen LogP contribution in [0.2, 0.25) is 0 Å². The molecule has 0 radical (unpaired) electrons. The van der Waals surface area contributed by atoms with Gasteiger partial charge in [0.2, 0.25) is 5.91 Å². The van der Waals surface area contributed by atoms with Gasteiger partial charge in [0.15, 0.2) is 5.13 Å². The molecule has 0 aliphatic heterocycles. The number of hydrogen-bond acceptors (Lipinski definition) is 5. The summed E-state index contributed by atoms with van der Waals surface area (Å²) in [6, 6.07) is 17.4. The van der Waals surface area contributed by atoms with E-state index < -0.39 is 0 Å². The molecule has 4 rings (SSSR count). The fourth-order valence-electron chi connectivity index (χ4n) is 2.70. The van der Waals surface area contributed by atoms with Gasteiger partial charge in [-0.1, -0.05) is 41.7 Å². The molecule has 7 heteroatoms. The van der Waals surface area contributed by atoms with Gasteiger partial charge in [0.05, 0.1) is 22.1 Å². The summed E-state index contributed by atoms with van der Waals surface area (Å²) < 4.78 is 2.89. The molecule has 0 bridgehead atoms. The Morgan fingerprint density at radius 3 is 2.74 bits per heavy atom. The summed E-state index contributed by atoms with van der Waals surface area (Å²) in [5.41, 5.74) is 2.87. The third-order valence-electron chi connectivity index (χ3n) is 4.15. The van der Waals surface area contributed by atoms with Crippen LogP contribution >= 0.6 is 11.3 Å². The van der Waals surface area contributed by atoms with Crippen molar-refractivity contribution in [3.8, 4) is 5.69 Å². The van der Waals surface area contributed by atoms with Crippen LogP contribution < -0.4 is 10.6 Å². The van der Waals surface area contributed by atoms with E-state index in [1.54, 1.807) is 22.2 Å². The minimum atomic E-state index is -0.380. The average molecular weight is 377 g/mol. The number of fused-ring (bicyclic) bond motifs is 1. The van der Waals surface area contributed by atoms with E-state index in [0.29, 0.717) is 6.54 Å². The highest BCUT2D eigenvalue weighted by molar-refractivity contribution is 7.22. The van der Waals surface area contributed by atoms with Gasteiger partial charge in [0.1, 0.15) is 6.04 Å². The van der Waals surface area contributed by atoms with Crippen LogP contribution in [-0.4, -0.2) is 26.7 Å². The van der Waals surface area contributed by atoms with Gasteiger partial charge in [-0.25, -0.2) is 9.67 Å². The first-order valence-electron chi connectivity index (χ1n) is 8.68. The van der Waals surface area contributed by atoms with Gasteiger partial charge in [-0.05, 0) is 31.2 Å². The number of rotatable bonds is 6. The lowest BCUT2D eigenvalue weighted by Crippen LogP contribution is -2.37. The number of hydrogen-bond donors (Lipinski definition) is 2. The average Bonchev–Trinajstić information content (AvgIpc) is 3.33. The summed E-state index contributed by atoms with van der Waals surface area (Å²) >= 11 is 1.54. The zero-order valence-electron chi connectivity index (χ0n) is 14.8. The molecule has 0 aliphatic rings. The second kappa shape index (κ2) is 7.59. The van der Waals surface area contributed by atoms with Crippen molar-refractivity contribution in [2.75, 3.05) is 5.32 Å². The Hall–Kier alpha value is -3.19. The second-order valence-electron chi connectivity index (χ2n) is 6.20. The Balaban J connectivity index is 1.34. The van der Waals surface area contributed by atoms with E-state index in [9.17, 15) is 4.79 Å². The Bertz CT molecular complexity index is 1020. The van der Waals surface area contributed by atoms with E-state index in [0.717, 1.165) is 26.6 Å². The van der Waals surface area contributed by atoms with E-state index in [1.807, 2.05) is 67.7 Å². The zero-order valence-corrected chi connectivity index (χ0v) is 15.6. The van der Waals surface area contributed by atoms with Gasteiger partial charge >= 0.3 is 0 Å². The first-order chi connectivity index (χ1) is 13.2. The van der Waals surface area contributed by atoms with Crippen molar-refractivity contribution in [1.82, 2.24) is 20.1 Å². The monoisotopic (exact) mass is 377 g/mol. The number of nitrogens with zero attached hydrogens (tertiary/aromatic N) is 3. The van der Waals surface area contributed by atoms with Crippen LogP contribution in [0, 0.1) is 0 Å². The van der Waals surface area contributed by atoms with Crippen molar-refractivity contribution < 1.29 is 4.79 Å². The highest BCUT2D eigenvalue weighted by Gasteiger charge is 2.14. The zero-order chi connectivity index (χ0) is 18.6. The molecule has 0 spiro atoms. The topological polar surface area (TPSA) is 71.8 Å². The normalized spacial score (nSPS) is 12.0. The predicted molar refractivity (Wildman–Crippen MR) is 108 cm³/mol. The van der Waals surface area contributed by atoms with Crippen LogP contribution in [0.1, 0.15) is 12.5 Å². The van der Waals surface area contributed by atoms with Crippen molar-refractivity contribution in [3.05, 3.63) is 72.6 Å². The van der Waals surface area contributed by atoms with E-state index in [1.165, 1.54) is 0 Å². The van der Waals surface area contributed by atoms with E-state index >= 15 is 0 Å². The van der Waals surface area contributed by atoms with Crippen LogP contribution in [0.25, 0.3) is 15.9 Å². The van der Waals surface area contributed by atoms with Crippen LogP contribution in [0.15, 0.2) is 67.0 Å². The molecule has 2 N–H and O–H groups in total. The molecule has 0 fully saturated rings. The van der Waals surface area contributed by atoms with Crippen molar-refractivity contribution >= 4 is 32.6 Å². The smallest absolute Gasteiger partial charge is 0.242 e. The molecule has 0 saturated carbocycles. The number of carbonyl (C=O) groups excluding carboxylic acids is 1. The molecular formula is C20H19N5OS. The van der Waals surface area contributed by atoms with Crippen molar-refractivity contribution in [3.63, 3.8) is 0 Å². The summed E-state index contributed by atoms with van der Waals surface area (Å²) in [7, 11) is 0. The standard InChI is InChI=1S/C20H19N5OS/c1-14(23-20-24-17-9-5-6-10-18(17)27-20)19(26)21-11-15-12-22-25(13-15)16-7-3-2-4-8-16/h2-10,12-14H,11H2,1H3,(H,21,26)(H,23,24). The van der Waals surface area contributed by atoms with Crippen molar-refractivity contribution in [1.29, 1.82) is 0 Å². The quantitative estimate of drug-likeness (QED) is 0.539. The van der Waals surface area contributed by atoms with Gasteiger partial charge in [0.25, 0.3) is 0 Å². The molecule has 136 valence electrons. The Morgan fingerprint density at radius 2 is 1.93 bits per heavy atom. The maximum Gasteiger partial charge on any atom is 0.242 e. The number of aromatic nitrogens is 3. The second-order valence-corrected chi connectivity index (χ2v) is 7.23. The summed E-state index contributed by atoms with van der Waals surface area (Å²) in [5, 5.41) is 11.2. The lowest BCUT2D eigenvalue weighted by atomic mass is 10.3. The first-order valence-corrected chi connectivity index (χ1v) is 9.49. The van der Waals surface area contributed by atoms with Crippen molar-refractivity contribution in [2.24, 2.45) is 0 Å². The van der Waals surface area contributed by atoms with Crippen LogP contribution in [-0.2, 0) is 11.3 Å². The molecule has 6 nitrogen and oxygen atoms in total. The van der Waals surface area contributed by atoms with Gasteiger partial charge < -0.3 is 10.6 Å². The molecule has 1 unspecified atom stereocenters. The summed E-state index contributed by atoms with van der Waals surface area (Å²) in [5.74, 6) is -0.0817. The fourth-order valence-corrected chi connectivity index (χ4v) is 3.65. The fraction of sp³-hybridized carbons (Fsp3) is 0.150. The number of anilines is 1. The molecule has 1 atom stereocenters. The lowest BCUT2D eigenvalue weighted by Gasteiger charge is -2.12. The molecule has 1 amide bonds. The third-order valence-corrected chi connectivity index (χ3v) is 5.12. The lowest BCUT2D eigenvalue weighted by molar-refractivity contribution is -0.121. The number of carbonyl (C=O) groups is 1. The molecule has 2 aromatic carbocycles. The maximum absolute atomic E-state index is 12.4. The molecular weight excluding hydrogens is 358 g/mol. The highest BCUT2D eigenvalue weighted by Crippen LogP contribution is 2.25. The van der Waals surface area contributed by atoms with Gasteiger partial charge in [0, 0.05) is 18.3 Å². The number of nitrogens with one attached hydrogen (secondary N) is 2. The third kappa shape index (κ3) is 3.98. The SMILES string of the molecule is CC(Nc1nc2ccccc2s1)C(=O)NCc1cnn(-c2ccccc2)c1.